The average Bonchev–Trinajstić information content (AvgIpc) is 3.34. The molecule has 8 heteroatoms. The Labute approximate surface area is 209 Å². The van der Waals surface area contributed by atoms with Crippen molar-refractivity contribution in [1.29, 1.82) is 5.26 Å². The number of carboxylic acid groups (broad SMARTS) is 1. The van der Waals surface area contributed by atoms with E-state index in [1.807, 2.05) is 57.2 Å². The average molecular weight is 488 g/mol. The second kappa shape index (κ2) is 10.9. The zero-order chi connectivity index (χ0) is 26.5. The molecule has 3 N–H and O–H groups in total. The molecule has 0 unspecified atom stereocenters. The maximum absolute atomic E-state index is 12.7. The van der Waals surface area contributed by atoms with Crippen LogP contribution in [0.4, 0.5) is 0 Å². The molecule has 0 saturated heterocycles. The van der Waals surface area contributed by atoms with Gasteiger partial charge < -0.3 is 20.2 Å². The van der Waals surface area contributed by atoms with Crippen molar-refractivity contribution in [3.8, 4) is 28.5 Å². The molecule has 2 amide bonds. The zero-order valence-electron chi connectivity index (χ0n) is 20.7. The summed E-state index contributed by atoms with van der Waals surface area (Å²) in [5, 5.41) is 23.9. The standard InChI is InChI=1S/C28H29N3O5/c1-28(2,3)25(26(33)30-4)31-24(32)14-22(27(34)35)21-13-23(36-16-21)20-11-9-19(10-12-20)18-7-5-17(15-29)6-8-18/h5-13,16,22,25H,14H2,1-4H3,(H,30,33)(H,31,32)(H,34,35)/t22-,25+/m0/s1. The molecule has 2 aromatic carbocycles. The van der Waals surface area contributed by atoms with Crippen molar-refractivity contribution in [2.45, 2.75) is 39.2 Å². The third-order valence-electron chi connectivity index (χ3n) is 5.91. The summed E-state index contributed by atoms with van der Waals surface area (Å²) in [7, 11) is 1.48. The normalized spacial score (nSPS) is 12.8. The van der Waals surface area contributed by atoms with E-state index in [0.717, 1.165) is 16.7 Å². The third kappa shape index (κ3) is 6.19. The van der Waals surface area contributed by atoms with Crippen LogP contribution in [0.5, 0.6) is 0 Å². The Kier molecular flexibility index (Phi) is 7.95. The molecular weight excluding hydrogens is 458 g/mol. The zero-order valence-corrected chi connectivity index (χ0v) is 20.7. The molecule has 8 nitrogen and oxygen atoms in total. The van der Waals surface area contributed by atoms with Crippen LogP contribution < -0.4 is 10.6 Å². The number of rotatable bonds is 8. The Hall–Kier alpha value is -4.38. The summed E-state index contributed by atoms with van der Waals surface area (Å²) in [6.07, 6.45) is 1.01. The van der Waals surface area contributed by atoms with E-state index in [-0.39, 0.29) is 12.3 Å². The fourth-order valence-electron chi connectivity index (χ4n) is 3.82. The lowest BCUT2D eigenvalue weighted by Gasteiger charge is -2.30. The summed E-state index contributed by atoms with van der Waals surface area (Å²) in [5.41, 5.74) is 3.06. The molecule has 0 radical (unpaired) electrons. The van der Waals surface area contributed by atoms with Gasteiger partial charge in [0, 0.05) is 24.6 Å². The maximum Gasteiger partial charge on any atom is 0.311 e. The fraction of sp³-hybridized carbons (Fsp3) is 0.286. The molecule has 0 aliphatic carbocycles. The van der Waals surface area contributed by atoms with E-state index >= 15 is 0 Å². The SMILES string of the molecule is CNC(=O)[C@@H](NC(=O)C[C@H](C(=O)O)c1coc(-c2ccc(-c3ccc(C#N)cc3)cc2)c1)C(C)(C)C. The number of benzene rings is 2. The Balaban J connectivity index is 1.75. The number of carbonyl (C=O) groups is 3. The molecule has 1 aromatic heterocycles. The Morgan fingerprint density at radius 1 is 1.00 bits per heavy atom. The molecule has 0 aliphatic heterocycles. The number of carbonyl (C=O) groups excluding carboxylic acids is 2. The minimum Gasteiger partial charge on any atom is -0.481 e. The van der Waals surface area contributed by atoms with Gasteiger partial charge in [-0.2, -0.15) is 5.26 Å². The van der Waals surface area contributed by atoms with Crippen LogP contribution in [0, 0.1) is 16.7 Å². The van der Waals surface area contributed by atoms with E-state index in [1.165, 1.54) is 13.3 Å². The van der Waals surface area contributed by atoms with E-state index in [9.17, 15) is 19.5 Å². The van der Waals surface area contributed by atoms with E-state index in [1.54, 1.807) is 18.2 Å². The van der Waals surface area contributed by atoms with Crippen molar-refractivity contribution in [3.63, 3.8) is 0 Å². The minimum atomic E-state index is -1.17. The van der Waals surface area contributed by atoms with Crippen LogP contribution in [-0.4, -0.2) is 36.0 Å². The predicted octanol–water partition coefficient (Wildman–Crippen LogP) is 4.32. The van der Waals surface area contributed by atoms with Crippen LogP contribution in [-0.2, 0) is 14.4 Å². The number of carboxylic acids is 1. The van der Waals surface area contributed by atoms with Gasteiger partial charge in [-0.25, -0.2) is 0 Å². The number of nitrogens with one attached hydrogen (secondary N) is 2. The van der Waals surface area contributed by atoms with Gasteiger partial charge in [0.1, 0.15) is 11.8 Å². The molecule has 1 heterocycles. The summed E-state index contributed by atoms with van der Waals surface area (Å²) in [6.45, 7) is 5.45. The number of furan rings is 1. The molecule has 0 bridgehead atoms. The van der Waals surface area contributed by atoms with Crippen LogP contribution in [0.3, 0.4) is 0 Å². The predicted molar refractivity (Wildman–Crippen MR) is 135 cm³/mol. The Bertz CT molecular complexity index is 1280. The summed E-state index contributed by atoms with van der Waals surface area (Å²) in [6, 6.07) is 17.7. The molecule has 0 saturated carbocycles. The molecule has 3 aromatic rings. The van der Waals surface area contributed by atoms with E-state index < -0.39 is 29.3 Å². The van der Waals surface area contributed by atoms with Crippen LogP contribution in [0.15, 0.2) is 65.3 Å². The summed E-state index contributed by atoms with van der Waals surface area (Å²) in [4.78, 5) is 36.9. The van der Waals surface area contributed by atoms with Gasteiger partial charge in [-0.15, -0.1) is 0 Å². The van der Waals surface area contributed by atoms with Crippen molar-refractivity contribution in [3.05, 3.63) is 72.0 Å². The smallest absolute Gasteiger partial charge is 0.311 e. The monoisotopic (exact) mass is 487 g/mol. The van der Waals surface area contributed by atoms with Gasteiger partial charge >= 0.3 is 5.97 Å². The van der Waals surface area contributed by atoms with Gasteiger partial charge in [-0.05, 0) is 34.7 Å². The van der Waals surface area contributed by atoms with Gasteiger partial charge in [0.2, 0.25) is 11.8 Å². The number of hydrogen-bond acceptors (Lipinski definition) is 5. The van der Waals surface area contributed by atoms with E-state index in [4.69, 9.17) is 9.68 Å². The second-order valence-electron chi connectivity index (χ2n) is 9.59. The lowest BCUT2D eigenvalue weighted by molar-refractivity contribution is -0.141. The first-order valence-electron chi connectivity index (χ1n) is 11.5. The quantitative estimate of drug-likeness (QED) is 0.433. The van der Waals surface area contributed by atoms with Crippen LogP contribution in [0.1, 0.15) is 44.2 Å². The Morgan fingerprint density at radius 3 is 2.06 bits per heavy atom. The van der Waals surface area contributed by atoms with Gasteiger partial charge in [-0.3, -0.25) is 14.4 Å². The minimum absolute atomic E-state index is 0.338. The number of hydrogen-bond donors (Lipinski definition) is 3. The van der Waals surface area contributed by atoms with Crippen LogP contribution in [0.25, 0.3) is 22.5 Å². The van der Waals surface area contributed by atoms with Gasteiger partial charge in [0.15, 0.2) is 0 Å². The number of amides is 2. The number of aliphatic carboxylic acids is 1. The molecule has 0 fully saturated rings. The molecule has 2 atom stereocenters. The molecule has 0 spiro atoms. The number of nitriles is 1. The van der Waals surface area contributed by atoms with Gasteiger partial charge in [0.05, 0.1) is 23.8 Å². The van der Waals surface area contributed by atoms with Crippen molar-refractivity contribution in [2.24, 2.45) is 5.41 Å². The molecule has 36 heavy (non-hydrogen) atoms. The van der Waals surface area contributed by atoms with E-state index in [2.05, 4.69) is 16.7 Å². The highest BCUT2D eigenvalue weighted by Crippen LogP contribution is 2.30. The van der Waals surface area contributed by atoms with E-state index in [0.29, 0.717) is 16.9 Å². The molecule has 0 aliphatic rings. The highest BCUT2D eigenvalue weighted by atomic mass is 16.4. The molecule has 3 rings (SSSR count). The number of likely N-dealkylation sites (N-methyl/N-ethyl adjacent to an activating group) is 1. The van der Waals surface area contributed by atoms with Crippen molar-refractivity contribution >= 4 is 17.8 Å². The first-order valence-corrected chi connectivity index (χ1v) is 11.5. The summed E-state index contributed by atoms with van der Waals surface area (Å²) in [5.74, 6) is -2.72. The second-order valence-corrected chi connectivity index (χ2v) is 9.59. The first kappa shape index (κ1) is 26.2. The fourth-order valence-corrected chi connectivity index (χ4v) is 3.82. The highest BCUT2D eigenvalue weighted by molar-refractivity contribution is 5.91. The van der Waals surface area contributed by atoms with Crippen molar-refractivity contribution in [1.82, 2.24) is 10.6 Å². The number of nitrogens with zero attached hydrogens (tertiary/aromatic N) is 1. The molecule has 186 valence electrons. The van der Waals surface area contributed by atoms with Crippen molar-refractivity contribution < 1.29 is 23.9 Å². The Morgan fingerprint density at radius 2 is 1.56 bits per heavy atom. The lowest BCUT2D eigenvalue weighted by Crippen LogP contribution is -2.53. The van der Waals surface area contributed by atoms with Crippen LogP contribution >= 0.6 is 0 Å². The topological polar surface area (TPSA) is 132 Å². The molecular formula is C28H29N3O5. The third-order valence-corrected chi connectivity index (χ3v) is 5.91. The lowest BCUT2D eigenvalue weighted by atomic mass is 9.85. The largest absolute Gasteiger partial charge is 0.481 e. The first-order chi connectivity index (χ1) is 17.0. The highest BCUT2D eigenvalue weighted by Gasteiger charge is 2.34. The summed E-state index contributed by atoms with van der Waals surface area (Å²) >= 11 is 0. The maximum atomic E-state index is 12.7. The van der Waals surface area contributed by atoms with Crippen molar-refractivity contribution in [2.75, 3.05) is 7.05 Å². The van der Waals surface area contributed by atoms with Crippen LogP contribution in [0.2, 0.25) is 0 Å². The summed E-state index contributed by atoms with van der Waals surface area (Å²) < 4.78 is 5.64. The van der Waals surface area contributed by atoms with Gasteiger partial charge in [0.25, 0.3) is 0 Å². The van der Waals surface area contributed by atoms with Gasteiger partial charge in [-0.1, -0.05) is 57.2 Å².